The normalized spacial score (nSPS) is 15.0. The third kappa shape index (κ3) is 3.20. The lowest BCUT2D eigenvalue weighted by molar-refractivity contribution is 0.174. The van der Waals surface area contributed by atoms with Crippen molar-refractivity contribution in [1.82, 2.24) is 5.32 Å². The lowest BCUT2D eigenvalue weighted by atomic mass is 10.0. The van der Waals surface area contributed by atoms with Crippen molar-refractivity contribution in [2.45, 2.75) is 25.9 Å². The third-order valence-electron chi connectivity index (χ3n) is 4.97. The Kier molecular flexibility index (Phi) is 4.43. The van der Waals surface area contributed by atoms with Gasteiger partial charge in [-0.05, 0) is 66.1 Å². The summed E-state index contributed by atoms with van der Waals surface area (Å²) in [5, 5.41) is 6.07. The smallest absolute Gasteiger partial charge is 0.231 e. The molecule has 0 radical (unpaired) electrons. The summed E-state index contributed by atoms with van der Waals surface area (Å²) in [7, 11) is 1.69. The van der Waals surface area contributed by atoms with Crippen molar-refractivity contribution in [3.8, 4) is 17.2 Å². The van der Waals surface area contributed by atoms with E-state index in [1.54, 1.807) is 7.11 Å². The van der Waals surface area contributed by atoms with Crippen molar-refractivity contribution in [2.75, 3.05) is 13.9 Å². The van der Waals surface area contributed by atoms with Gasteiger partial charge in [0.2, 0.25) is 6.79 Å². The second-order valence-electron chi connectivity index (χ2n) is 6.70. The highest BCUT2D eigenvalue weighted by molar-refractivity contribution is 5.84. The Hall–Kier alpha value is -2.72. The van der Waals surface area contributed by atoms with E-state index in [9.17, 15) is 0 Å². The molecule has 2 atom stereocenters. The molecule has 3 aromatic rings. The molecule has 4 heteroatoms. The molecule has 1 aliphatic heterocycles. The molecular formula is C22H23NO3. The summed E-state index contributed by atoms with van der Waals surface area (Å²) in [6.45, 7) is 4.66. The summed E-state index contributed by atoms with van der Waals surface area (Å²) in [5.41, 5.74) is 2.45. The molecule has 1 N–H and O–H groups in total. The average Bonchev–Trinajstić information content (AvgIpc) is 3.14. The maximum absolute atomic E-state index is 5.49. The molecule has 0 saturated heterocycles. The predicted octanol–water partition coefficient (Wildman–Crippen LogP) is 4.99. The zero-order chi connectivity index (χ0) is 18.1. The van der Waals surface area contributed by atoms with E-state index < -0.39 is 0 Å². The number of hydrogen-bond donors (Lipinski definition) is 1. The highest BCUT2D eigenvalue weighted by Gasteiger charge is 2.17. The van der Waals surface area contributed by atoms with E-state index in [2.05, 4.69) is 61.6 Å². The Morgan fingerprint density at radius 2 is 1.46 bits per heavy atom. The minimum absolute atomic E-state index is 0.200. The van der Waals surface area contributed by atoms with Crippen LogP contribution >= 0.6 is 0 Å². The average molecular weight is 349 g/mol. The first-order valence-corrected chi connectivity index (χ1v) is 8.87. The fourth-order valence-electron chi connectivity index (χ4n) is 3.39. The van der Waals surface area contributed by atoms with Crippen LogP contribution in [0.2, 0.25) is 0 Å². The molecule has 2 unspecified atom stereocenters. The monoisotopic (exact) mass is 349 g/mol. The van der Waals surface area contributed by atoms with Gasteiger partial charge in [0.1, 0.15) is 5.75 Å². The summed E-state index contributed by atoms with van der Waals surface area (Å²) in [6.07, 6.45) is 0. The first kappa shape index (κ1) is 16.7. The Balaban J connectivity index is 1.52. The van der Waals surface area contributed by atoms with Gasteiger partial charge in [0.25, 0.3) is 0 Å². The van der Waals surface area contributed by atoms with Gasteiger partial charge in [0, 0.05) is 12.1 Å². The zero-order valence-corrected chi connectivity index (χ0v) is 15.3. The van der Waals surface area contributed by atoms with E-state index in [1.165, 1.54) is 21.9 Å². The van der Waals surface area contributed by atoms with Crippen molar-refractivity contribution in [3.63, 3.8) is 0 Å². The van der Waals surface area contributed by atoms with Gasteiger partial charge in [0.15, 0.2) is 11.5 Å². The number of ether oxygens (including phenoxy) is 3. The number of nitrogens with one attached hydrogen (secondary N) is 1. The maximum Gasteiger partial charge on any atom is 0.231 e. The van der Waals surface area contributed by atoms with Gasteiger partial charge in [-0.15, -0.1) is 0 Å². The van der Waals surface area contributed by atoms with Crippen LogP contribution in [-0.4, -0.2) is 13.9 Å². The minimum atomic E-state index is 0.200. The molecule has 3 aromatic carbocycles. The number of rotatable bonds is 5. The molecule has 0 fully saturated rings. The van der Waals surface area contributed by atoms with Crippen LogP contribution in [0.1, 0.15) is 37.1 Å². The van der Waals surface area contributed by atoms with Crippen molar-refractivity contribution < 1.29 is 14.2 Å². The molecule has 0 aliphatic carbocycles. The van der Waals surface area contributed by atoms with Crippen LogP contribution in [0.3, 0.4) is 0 Å². The number of fused-ring (bicyclic) bond motifs is 2. The Labute approximate surface area is 153 Å². The van der Waals surface area contributed by atoms with Crippen molar-refractivity contribution >= 4 is 10.8 Å². The summed E-state index contributed by atoms with van der Waals surface area (Å²) in [6, 6.07) is 19.3. The molecule has 4 nitrogen and oxygen atoms in total. The molecule has 134 valence electrons. The largest absolute Gasteiger partial charge is 0.497 e. The molecular weight excluding hydrogens is 326 g/mol. The van der Waals surface area contributed by atoms with Gasteiger partial charge in [-0.3, -0.25) is 0 Å². The summed E-state index contributed by atoms with van der Waals surface area (Å²) in [5.74, 6) is 2.52. The van der Waals surface area contributed by atoms with Gasteiger partial charge in [-0.1, -0.05) is 24.3 Å². The molecule has 0 amide bonds. The van der Waals surface area contributed by atoms with Crippen LogP contribution in [0.4, 0.5) is 0 Å². The number of benzene rings is 3. The number of methoxy groups -OCH3 is 1. The molecule has 0 aromatic heterocycles. The first-order valence-electron chi connectivity index (χ1n) is 8.87. The summed E-state index contributed by atoms with van der Waals surface area (Å²) >= 11 is 0. The lowest BCUT2D eigenvalue weighted by Gasteiger charge is -2.21. The fraction of sp³-hybridized carbons (Fsp3) is 0.273. The van der Waals surface area contributed by atoms with Gasteiger partial charge in [-0.25, -0.2) is 0 Å². The SMILES string of the molecule is COc1ccc2cc(C(C)NC(C)c3ccc4c(c3)OCO4)ccc2c1. The van der Waals surface area contributed by atoms with Gasteiger partial charge >= 0.3 is 0 Å². The predicted molar refractivity (Wildman–Crippen MR) is 103 cm³/mol. The molecule has 4 rings (SSSR count). The van der Waals surface area contributed by atoms with E-state index in [1.807, 2.05) is 12.1 Å². The molecule has 0 bridgehead atoms. The van der Waals surface area contributed by atoms with E-state index in [0.29, 0.717) is 6.79 Å². The quantitative estimate of drug-likeness (QED) is 0.704. The zero-order valence-electron chi connectivity index (χ0n) is 15.3. The van der Waals surface area contributed by atoms with Gasteiger partial charge in [0.05, 0.1) is 7.11 Å². The summed E-state index contributed by atoms with van der Waals surface area (Å²) < 4.78 is 16.2. The number of hydrogen-bond acceptors (Lipinski definition) is 4. The fourth-order valence-corrected chi connectivity index (χ4v) is 3.39. The first-order chi connectivity index (χ1) is 12.6. The van der Waals surface area contributed by atoms with Crippen molar-refractivity contribution in [1.29, 1.82) is 0 Å². The van der Waals surface area contributed by atoms with Gasteiger partial charge in [-0.2, -0.15) is 0 Å². The Morgan fingerprint density at radius 3 is 2.27 bits per heavy atom. The van der Waals surface area contributed by atoms with Crippen LogP contribution in [0.25, 0.3) is 10.8 Å². The van der Waals surface area contributed by atoms with E-state index >= 15 is 0 Å². The second kappa shape index (κ2) is 6.89. The molecule has 1 aliphatic rings. The molecule has 1 heterocycles. The van der Waals surface area contributed by atoms with E-state index in [4.69, 9.17) is 14.2 Å². The Morgan fingerprint density at radius 1 is 0.808 bits per heavy atom. The van der Waals surface area contributed by atoms with Crippen LogP contribution in [0, 0.1) is 0 Å². The lowest BCUT2D eigenvalue weighted by Crippen LogP contribution is -2.22. The molecule has 0 saturated carbocycles. The van der Waals surface area contributed by atoms with Crippen LogP contribution in [-0.2, 0) is 0 Å². The molecule has 0 spiro atoms. The second-order valence-corrected chi connectivity index (χ2v) is 6.70. The van der Waals surface area contributed by atoms with Crippen LogP contribution in [0.15, 0.2) is 54.6 Å². The third-order valence-corrected chi connectivity index (χ3v) is 4.97. The van der Waals surface area contributed by atoms with E-state index in [-0.39, 0.29) is 12.1 Å². The van der Waals surface area contributed by atoms with Gasteiger partial charge < -0.3 is 19.5 Å². The standard InChI is InChI=1S/C22H23NO3/c1-14(16-4-5-19-11-20(24-3)8-6-18(19)10-16)23-15(2)17-7-9-21-22(12-17)26-13-25-21/h4-12,14-15,23H,13H2,1-3H3. The van der Waals surface area contributed by atoms with Crippen LogP contribution in [0.5, 0.6) is 17.2 Å². The minimum Gasteiger partial charge on any atom is -0.497 e. The van der Waals surface area contributed by atoms with E-state index in [0.717, 1.165) is 17.2 Å². The Bertz CT molecular complexity index is 938. The topological polar surface area (TPSA) is 39.7 Å². The highest BCUT2D eigenvalue weighted by Crippen LogP contribution is 2.34. The summed E-state index contributed by atoms with van der Waals surface area (Å²) in [4.78, 5) is 0. The molecule has 26 heavy (non-hydrogen) atoms. The maximum atomic E-state index is 5.49. The highest BCUT2D eigenvalue weighted by atomic mass is 16.7. The van der Waals surface area contributed by atoms with Crippen molar-refractivity contribution in [2.24, 2.45) is 0 Å². The van der Waals surface area contributed by atoms with Crippen LogP contribution < -0.4 is 19.5 Å². The van der Waals surface area contributed by atoms with Crippen molar-refractivity contribution in [3.05, 3.63) is 65.7 Å².